The van der Waals surface area contributed by atoms with Crippen LogP contribution in [0, 0.1) is 35.5 Å². The van der Waals surface area contributed by atoms with Crippen molar-refractivity contribution < 1.29 is 19.4 Å². The molecule has 2 aliphatic rings. The molecule has 0 aromatic rings. The average molecular weight is 457 g/mol. The van der Waals surface area contributed by atoms with Gasteiger partial charge in [-0.1, -0.05) is 67.5 Å². The maximum Gasteiger partial charge on any atom is 0.330 e. The van der Waals surface area contributed by atoms with E-state index in [1.807, 2.05) is 0 Å². The molecule has 4 nitrogen and oxygen atoms in total. The van der Waals surface area contributed by atoms with Gasteiger partial charge in [0, 0.05) is 6.08 Å². The number of aliphatic hydroxyl groups is 1. The second-order valence-electron chi connectivity index (χ2n) is 9.91. The molecule has 0 amide bonds. The third-order valence-corrected chi connectivity index (χ3v) is 6.70. The lowest BCUT2D eigenvalue weighted by atomic mass is 9.75. The lowest BCUT2D eigenvalue weighted by molar-refractivity contribution is -0.149. The van der Waals surface area contributed by atoms with Gasteiger partial charge in [-0.05, 0) is 78.9 Å². The number of ether oxygens (including phenoxy) is 1. The van der Waals surface area contributed by atoms with Gasteiger partial charge in [0.2, 0.25) is 5.24 Å². The van der Waals surface area contributed by atoms with Gasteiger partial charge < -0.3 is 9.84 Å². The molecule has 31 heavy (non-hydrogen) atoms. The van der Waals surface area contributed by atoms with Crippen molar-refractivity contribution in [1.82, 2.24) is 0 Å². The molecule has 2 saturated carbocycles. The van der Waals surface area contributed by atoms with E-state index in [2.05, 4.69) is 54.7 Å². The molecule has 2 rings (SSSR count). The maximum absolute atomic E-state index is 11.2. The van der Waals surface area contributed by atoms with E-state index in [4.69, 9.17) is 16.3 Å². The first kappa shape index (κ1) is 29.9. The van der Waals surface area contributed by atoms with Crippen LogP contribution in [0.2, 0.25) is 0 Å². The van der Waals surface area contributed by atoms with Crippen LogP contribution in [0.4, 0.5) is 0 Å². The molecule has 0 saturated heterocycles. The van der Waals surface area contributed by atoms with Crippen LogP contribution < -0.4 is 0 Å². The van der Waals surface area contributed by atoms with Crippen LogP contribution in [0.25, 0.3) is 0 Å². The number of hydrogen-bond donors (Lipinski definition) is 1. The van der Waals surface area contributed by atoms with E-state index >= 15 is 0 Å². The van der Waals surface area contributed by atoms with Crippen molar-refractivity contribution in [2.75, 3.05) is 0 Å². The predicted molar refractivity (Wildman–Crippen MR) is 130 cm³/mol. The van der Waals surface area contributed by atoms with Crippen molar-refractivity contribution in [3.05, 3.63) is 25.3 Å². The Kier molecular flexibility index (Phi) is 15.1. The van der Waals surface area contributed by atoms with Gasteiger partial charge in [-0.2, -0.15) is 0 Å². The fourth-order valence-electron chi connectivity index (χ4n) is 4.60. The maximum atomic E-state index is 11.2. The van der Waals surface area contributed by atoms with Crippen LogP contribution in [-0.4, -0.2) is 28.5 Å². The summed E-state index contributed by atoms with van der Waals surface area (Å²) in [5.74, 6) is 3.44. The first-order valence-electron chi connectivity index (χ1n) is 11.8. The van der Waals surface area contributed by atoms with Gasteiger partial charge in [0.15, 0.2) is 0 Å². The normalized spacial score (nSPS) is 30.3. The zero-order chi connectivity index (χ0) is 24.1. The summed E-state index contributed by atoms with van der Waals surface area (Å²) in [6.45, 7) is 19.8. The third kappa shape index (κ3) is 12.5. The molecule has 2 fully saturated rings. The molecule has 5 heteroatoms. The zero-order valence-corrected chi connectivity index (χ0v) is 21.2. The zero-order valence-electron chi connectivity index (χ0n) is 20.5. The lowest BCUT2D eigenvalue weighted by Crippen LogP contribution is -2.35. The molecule has 180 valence electrons. The van der Waals surface area contributed by atoms with E-state index in [1.54, 1.807) is 0 Å². The Bertz CT molecular complexity index is 558. The van der Waals surface area contributed by atoms with Gasteiger partial charge >= 0.3 is 5.97 Å². The highest BCUT2D eigenvalue weighted by Crippen LogP contribution is 2.35. The number of hydrogen-bond acceptors (Lipinski definition) is 4. The van der Waals surface area contributed by atoms with Crippen LogP contribution in [-0.2, 0) is 14.3 Å². The van der Waals surface area contributed by atoms with Crippen LogP contribution in [0.15, 0.2) is 25.3 Å². The van der Waals surface area contributed by atoms with E-state index in [9.17, 15) is 14.7 Å². The highest BCUT2D eigenvalue weighted by Gasteiger charge is 2.33. The Hall–Kier alpha value is -1.13. The highest BCUT2D eigenvalue weighted by molar-refractivity contribution is 6.66. The quantitative estimate of drug-likeness (QED) is 0.289. The molecule has 0 spiro atoms. The molecule has 6 atom stereocenters. The smallest absolute Gasteiger partial charge is 0.330 e. The fraction of sp³-hybridized carbons (Fsp3) is 0.769. The van der Waals surface area contributed by atoms with Crippen molar-refractivity contribution in [3.63, 3.8) is 0 Å². The van der Waals surface area contributed by atoms with Gasteiger partial charge in [-0.25, -0.2) is 4.79 Å². The summed E-state index contributed by atoms with van der Waals surface area (Å²) in [4.78, 5) is 20.7. The molecule has 0 aliphatic heterocycles. The molecule has 0 aromatic carbocycles. The molecule has 2 aliphatic carbocycles. The number of carbonyl (C=O) groups is 2. The summed E-state index contributed by atoms with van der Waals surface area (Å²) >= 11 is 4.71. The predicted octanol–water partition coefficient (Wildman–Crippen LogP) is 6.55. The first-order chi connectivity index (χ1) is 14.4. The van der Waals surface area contributed by atoms with Crippen molar-refractivity contribution in [1.29, 1.82) is 0 Å². The summed E-state index contributed by atoms with van der Waals surface area (Å²) in [5.41, 5.74) is 0. The van der Waals surface area contributed by atoms with Crippen LogP contribution >= 0.6 is 11.6 Å². The molecule has 1 N–H and O–H groups in total. The molecule has 6 unspecified atom stereocenters. The van der Waals surface area contributed by atoms with Gasteiger partial charge in [-0.3, -0.25) is 4.79 Å². The van der Waals surface area contributed by atoms with E-state index < -0.39 is 5.24 Å². The summed E-state index contributed by atoms with van der Waals surface area (Å²) in [6, 6.07) is 0. The average Bonchev–Trinajstić information content (AvgIpc) is 2.68. The largest absolute Gasteiger partial charge is 0.459 e. The molecular weight excluding hydrogens is 412 g/mol. The lowest BCUT2D eigenvalue weighted by Gasteiger charge is -2.36. The monoisotopic (exact) mass is 456 g/mol. The summed E-state index contributed by atoms with van der Waals surface area (Å²) < 4.78 is 5.43. The molecule has 0 aromatic heterocycles. The number of aliphatic hydroxyl groups excluding tert-OH is 1. The molecule has 0 heterocycles. The summed E-state index contributed by atoms with van der Waals surface area (Å²) in [5, 5.41) is 9.20. The van der Waals surface area contributed by atoms with Crippen molar-refractivity contribution in [2.24, 2.45) is 35.5 Å². The number of rotatable bonds is 5. The Morgan fingerprint density at radius 3 is 1.74 bits per heavy atom. The first-order valence-corrected chi connectivity index (χ1v) is 12.1. The topological polar surface area (TPSA) is 63.6 Å². The summed E-state index contributed by atoms with van der Waals surface area (Å²) in [7, 11) is 0. The second-order valence-corrected chi connectivity index (χ2v) is 10.3. The number of halogens is 1. The minimum absolute atomic E-state index is 0.0289. The van der Waals surface area contributed by atoms with E-state index in [0.717, 1.165) is 24.8 Å². The molecule has 0 bridgehead atoms. The van der Waals surface area contributed by atoms with E-state index in [0.29, 0.717) is 29.6 Å². The van der Waals surface area contributed by atoms with Crippen LogP contribution in [0.1, 0.15) is 80.1 Å². The van der Waals surface area contributed by atoms with E-state index in [-0.39, 0.29) is 18.2 Å². The van der Waals surface area contributed by atoms with Gasteiger partial charge in [-0.15, -0.1) is 0 Å². The van der Waals surface area contributed by atoms with Gasteiger partial charge in [0.25, 0.3) is 0 Å². The Morgan fingerprint density at radius 1 is 0.903 bits per heavy atom. The second kappa shape index (κ2) is 15.6. The van der Waals surface area contributed by atoms with Crippen molar-refractivity contribution >= 4 is 22.8 Å². The fourth-order valence-corrected chi connectivity index (χ4v) is 4.60. The highest BCUT2D eigenvalue weighted by atomic mass is 35.5. The van der Waals surface area contributed by atoms with Crippen LogP contribution in [0.3, 0.4) is 0 Å². The molecular formula is C26H45ClO4. The Morgan fingerprint density at radius 2 is 1.35 bits per heavy atom. The number of carbonyl (C=O) groups excluding carboxylic acids is 2. The van der Waals surface area contributed by atoms with E-state index in [1.165, 1.54) is 31.8 Å². The third-order valence-electron chi connectivity index (χ3n) is 6.54. The SMILES string of the molecule is C=CC(=O)Cl.C=CC(=O)OC1CC(C)CCC1C(C)C.CC1CCC(C(C)C)C(O)C1. The Labute approximate surface area is 195 Å². The Balaban J connectivity index is 0.000000492. The van der Waals surface area contributed by atoms with Crippen molar-refractivity contribution in [3.8, 4) is 0 Å². The number of esters is 1. The number of allylic oxidation sites excluding steroid dienone is 1. The standard InChI is InChI=1S/C13H22O2.C10H20O.C3H3ClO/c1-5-13(14)15-12-8-10(4)6-7-11(12)9(2)3;1-7(2)9-5-4-8(3)6-10(9)11;1-2-3(4)5/h5,9-12H,1,6-8H2,2-4H3;7-11H,4-6H2,1-3H3;2H,1H2. The summed E-state index contributed by atoms with van der Waals surface area (Å²) in [6.07, 6.45) is 9.35. The van der Waals surface area contributed by atoms with Gasteiger partial charge in [0.1, 0.15) is 6.10 Å². The van der Waals surface area contributed by atoms with Crippen molar-refractivity contribution in [2.45, 2.75) is 92.3 Å². The van der Waals surface area contributed by atoms with Crippen LogP contribution in [0.5, 0.6) is 0 Å². The van der Waals surface area contributed by atoms with Gasteiger partial charge in [0.05, 0.1) is 6.10 Å². The molecule has 0 radical (unpaired) electrons. The minimum atomic E-state index is -0.509. The minimum Gasteiger partial charge on any atom is -0.459 e.